The second-order valence-electron chi connectivity index (χ2n) is 7.09. The summed E-state index contributed by atoms with van der Waals surface area (Å²) in [4.78, 5) is 16.2. The molecule has 9 heteroatoms. The van der Waals surface area contributed by atoms with Crippen molar-refractivity contribution in [3.63, 3.8) is 0 Å². The highest BCUT2D eigenvalue weighted by Crippen LogP contribution is 2.33. The number of oxazole rings is 1. The Morgan fingerprint density at radius 1 is 1.19 bits per heavy atom. The van der Waals surface area contributed by atoms with E-state index in [0.29, 0.717) is 28.5 Å². The molecule has 3 aromatic rings. The Hall–Kier alpha value is -2.94. The summed E-state index contributed by atoms with van der Waals surface area (Å²) >= 11 is 1.53. The van der Waals surface area contributed by atoms with Gasteiger partial charge in [0, 0.05) is 16.2 Å². The summed E-state index contributed by atoms with van der Waals surface area (Å²) in [6, 6.07) is 10.3. The maximum Gasteiger partial charge on any atom is 0.416 e. The normalized spacial score (nSPS) is 11.5. The summed E-state index contributed by atoms with van der Waals surface area (Å²) in [5.41, 5.74) is 1.38. The number of hydrogen-bond acceptors (Lipinski definition) is 5. The van der Waals surface area contributed by atoms with E-state index in [2.05, 4.69) is 4.98 Å². The highest BCUT2D eigenvalue weighted by atomic mass is 32.2. The molecule has 0 amide bonds. The molecule has 0 unspecified atom stereocenters. The fourth-order valence-electron chi connectivity index (χ4n) is 3.03. The zero-order valence-electron chi connectivity index (χ0n) is 17.5. The van der Waals surface area contributed by atoms with Gasteiger partial charge in [0.2, 0.25) is 5.89 Å². The summed E-state index contributed by atoms with van der Waals surface area (Å²) in [5.74, 6) is 0.909. The lowest BCUT2D eigenvalue weighted by Crippen LogP contribution is -2.10. The molecule has 5 nitrogen and oxygen atoms in total. The third-order valence-corrected chi connectivity index (χ3v) is 5.63. The molecule has 32 heavy (non-hydrogen) atoms. The van der Waals surface area contributed by atoms with E-state index in [4.69, 9.17) is 14.3 Å². The number of nitrogens with zero attached hydrogens (tertiary/aromatic N) is 1. The molecular formula is C23H22F3NO4S. The van der Waals surface area contributed by atoms with Gasteiger partial charge >= 0.3 is 12.1 Å². The standard InChI is InChI=1S/C23H22F3NO4S/c1-3-4-16-11-18(9-10-20(16)30-12-21(28)29)32-13-19-14(2)31-22(27-19)15-5-7-17(8-6-15)23(24,25)26/h5-11H,3-4,12-13H2,1-2H3,(H,28,29). The van der Waals surface area contributed by atoms with Gasteiger partial charge in [-0.05, 0) is 61.4 Å². The third-order valence-electron chi connectivity index (χ3n) is 4.63. The van der Waals surface area contributed by atoms with Crippen molar-refractivity contribution >= 4 is 17.7 Å². The lowest BCUT2D eigenvalue weighted by atomic mass is 10.1. The average Bonchev–Trinajstić information content (AvgIpc) is 3.11. The topological polar surface area (TPSA) is 72.6 Å². The Bertz CT molecular complexity index is 1080. The summed E-state index contributed by atoms with van der Waals surface area (Å²) in [6.45, 7) is 3.40. The Morgan fingerprint density at radius 3 is 2.53 bits per heavy atom. The molecule has 0 fully saturated rings. The second-order valence-corrected chi connectivity index (χ2v) is 8.14. The zero-order valence-corrected chi connectivity index (χ0v) is 18.3. The molecule has 0 bridgehead atoms. The summed E-state index contributed by atoms with van der Waals surface area (Å²) in [7, 11) is 0. The number of aliphatic carboxylic acids is 1. The largest absolute Gasteiger partial charge is 0.482 e. The fourth-order valence-corrected chi connectivity index (χ4v) is 3.99. The van der Waals surface area contributed by atoms with Crippen LogP contribution in [0.5, 0.6) is 5.75 Å². The van der Waals surface area contributed by atoms with Gasteiger partial charge in [-0.2, -0.15) is 13.2 Å². The predicted octanol–water partition coefficient (Wildman–Crippen LogP) is 6.38. The molecule has 0 spiro atoms. The molecule has 2 aromatic carbocycles. The number of halogens is 3. The van der Waals surface area contributed by atoms with Gasteiger partial charge in [-0.25, -0.2) is 9.78 Å². The molecule has 0 saturated carbocycles. The van der Waals surface area contributed by atoms with E-state index in [1.807, 2.05) is 19.1 Å². The van der Waals surface area contributed by atoms with Crippen LogP contribution in [0, 0.1) is 6.92 Å². The molecule has 3 rings (SSSR count). The number of ether oxygens (including phenoxy) is 1. The molecule has 0 aliphatic heterocycles. The minimum atomic E-state index is -4.39. The number of alkyl halides is 3. The van der Waals surface area contributed by atoms with Crippen LogP contribution in [0.2, 0.25) is 0 Å². The predicted molar refractivity (Wildman–Crippen MR) is 115 cm³/mol. The molecule has 0 radical (unpaired) electrons. The van der Waals surface area contributed by atoms with Crippen molar-refractivity contribution in [1.29, 1.82) is 0 Å². The Balaban J connectivity index is 1.71. The van der Waals surface area contributed by atoms with Crippen molar-refractivity contribution in [3.8, 4) is 17.2 Å². The molecule has 0 atom stereocenters. The lowest BCUT2D eigenvalue weighted by Gasteiger charge is -2.11. The van der Waals surface area contributed by atoms with Gasteiger partial charge in [0.05, 0.1) is 11.3 Å². The molecule has 0 aliphatic carbocycles. The van der Waals surface area contributed by atoms with Crippen molar-refractivity contribution in [3.05, 3.63) is 65.0 Å². The molecule has 0 saturated heterocycles. The first kappa shape index (κ1) is 23.7. The third kappa shape index (κ3) is 6.06. The number of rotatable bonds is 9. The number of aryl methyl sites for hydroxylation is 2. The van der Waals surface area contributed by atoms with E-state index >= 15 is 0 Å². The van der Waals surface area contributed by atoms with Crippen LogP contribution in [0.15, 0.2) is 51.8 Å². The quantitative estimate of drug-likeness (QED) is 0.370. The van der Waals surface area contributed by atoms with Gasteiger partial charge in [0.25, 0.3) is 0 Å². The first-order valence-electron chi connectivity index (χ1n) is 9.91. The maximum absolute atomic E-state index is 12.8. The second kappa shape index (κ2) is 10.1. The number of aromatic nitrogens is 1. The average molecular weight is 465 g/mol. The lowest BCUT2D eigenvalue weighted by molar-refractivity contribution is -0.139. The van der Waals surface area contributed by atoms with E-state index in [9.17, 15) is 18.0 Å². The number of benzene rings is 2. The molecule has 1 heterocycles. The van der Waals surface area contributed by atoms with Crippen molar-refractivity contribution in [1.82, 2.24) is 4.98 Å². The van der Waals surface area contributed by atoms with Crippen molar-refractivity contribution in [2.75, 3.05) is 6.61 Å². The van der Waals surface area contributed by atoms with Gasteiger partial charge in [0.1, 0.15) is 11.5 Å². The van der Waals surface area contributed by atoms with Gasteiger partial charge in [-0.15, -0.1) is 11.8 Å². The van der Waals surface area contributed by atoms with Crippen molar-refractivity contribution in [2.24, 2.45) is 0 Å². The monoisotopic (exact) mass is 465 g/mol. The van der Waals surface area contributed by atoms with E-state index < -0.39 is 24.3 Å². The Labute approximate surface area is 187 Å². The van der Waals surface area contributed by atoms with Crippen LogP contribution in [0.1, 0.15) is 35.9 Å². The van der Waals surface area contributed by atoms with Crippen LogP contribution in [0.4, 0.5) is 13.2 Å². The molecule has 170 valence electrons. The van der Waals surface area contributed by atoms with Crippen LogP contribution >= 0.6 is 11.8 Å². The highest BCUT2D eigenvalue weighted by molar-refractivity contribution is 7.98. The number of thioether (sulfide) groups is 1. The summed E-state index contributed by atoms with van der Waals surface area (Å²) in [6.07, 6.45) is -2.75. The van der Waals surface area contributed by atoms with Crippen molar-refractivity contribution < 1.29 is 32.2 Å². The maximum atomic E-state index is 12.8. The smallest absolute Gasteiger partial charge is 0.416 e. The number of carboxylic acid groups (broad SMARTS) is 1. The van der Waals surface area contributed by atoms with E-state index in [0.717, 1.165) is 35.4 Å². The Morgan fingerprint density at radius 2 is 1.91 bits per heavy atom. The van der Waals surface area contributed by atoms with Crippen LogP contribution in [-0.2, 0) is 23.1 Å². The van der Waals surface area contributed by atoms with Crippen LogP contribution in [0.25, 0.3) is 11.5 Å². The molecule has 1 aromatic heterocycles. The van der Waals surface area contributed by atoms with Crippen LogP contribution < -0.4 is 4.74 Å². The van der Waals surface area contributed by atoms with E-state index in [-0.39, 0.29) is 5.89 Å². The van der Waals surface area contributed by atoms with Gasteiger partial charge in [0.15, 0.2) is 6.61 Å². The van der Waals surface area contributed by atoms with E-state index in [1.165, 1.54) is 23.9 Å². The highest BCUT2D eigenvalue weighted by Gasteiger charge is 2.30. The molecule has 0 aliphatic rings. The number of carboxylic acids is 1. The number of hydrogen-bond donors (Lipinski definition) is 1. The SMILES string of the molecule is CCCc1cc(SCc2nc(-c3ccc(C(F)(F)F)cc3)oc2C)ccc1OCC(=O)O. The van der Waals surface area contributed by atoms with Crippen LogP contribution in [-0.4, -0.2) is 22.7 Å². The minimum Gasteiger partial charge on any atom is -0.482 e. The fraction of sp³-hybridized carbons (Fsp3) is 0.304. The van der Waals surface area contributed by atoms with Gasteiger partial charge in [-0.1, -0.05) is 13.3 Å². The first-order chi connectivity index (χ1) is 15.2. The minimum absolute atomic E-state index is 0.274. The zero-order chi connectivity index (χ0) is 23.3. The first-order valence-corrected chi connectivity index (χ1v) is 10.9. The van der Waals surface area contributed by atoms with E-state index in [1.54, 1.807) is 13.0 Å². The van der Waals surface area contributed by atoms with Gasteiger partial charge in [-0.3, -0.25) is 0 Å². The molecular weight excluding hydrogens is 443 g/mol. The van der Waals surface area contributed by atoms with Crippen LogP contribution in [0.3, 0.4) is 0 Å². The van der Waals surface area contributed by atoms with Gasteiger partial charge < -0.3 is 14.3 Å². The summed E-state index contributed by atoms with van der Waals surface area (Å²) in [5, 5.41) is 8.83. The van der Waals surface area contributed by atoms with Crippen molar-refractivity contribution in [2.45, 2.75) is 43.5 Å². The number of carbonyl (C=O) groups is 1. The Kier molecular flexibility index (Phi) is 7.50. The molecule has 1 N–H and O–H groups in total. The summed E-state index contributed by atoms with van der Waals surface area (Å²) < 4.78 is 49.3.